The molecule has 0 bridgehead atoms. The van der Waals surface area contributed by atoms with Crippen LogP contribution in [0.1, 0.15) is 20.3 Å². The van der Waals surface area contributed by atoms with Crippen LogP contribution in [0, 0.1) is 0 Å². The second kappa shape index (κ2) is 5.67. The van der Waals surface area contributed by atoms with Crippen molar-refractivity contribution in [2.45, 2.75) is 25.8 Å². The summed E-state index contributed by atoms with van der Waals surface area (Å²) >= 11 is 0. The molecule has 17 heavy (non-hydrogen) atoms. The van der Waals surface area contributed by atoms with Crippen molar-refractivity contribution >= 4 is 5.95 Å². The van der Waals surface area contributed by atoms with E-state index in [9.17, 15) is 5.11 Å². The van der Waals surface area contributed by atoms with Gasteiger partial charge < -0.3 is 19.9 Å². The van der Waals surface area contributed by atoms with Gasteiger partial charge in [-0.25, -0.2) is 0 Å². The van der Waals surface area contributed by atoms with Gasteiger partial charge in [0.05, 0.1) is 32.4 Å². The first-order chi connectivity index (χ1) is 8.06. The SMILES string of the molecule is CCC(C)(CO)Nc1nc(OC)cc(OC)n1. The van der Waals surface area contributed by atoms with E-state index in [1.165, 1.54) is 14.2 Å². The maximum atomic E-state index is 9.32. The first kappa shape index (κ1) is 13.5. The van der Waals surface area contributed by atoms with Gasteiger partial charge in [0.2, 0.25) is 17.7 Å². The summed E-state index contributed by atoms with van der Waals surface area (Å²) in [7, 11) is 3.05. The van der Waals surface area contributed by atoms with Crippen LogP contribution in [0.4, 0.5) is 5.95 Å². The third-order valence-corrected chi connectivity index (χ3v) is 2.64. The summed E-state index contributed by atoms with van der Waals surface area (Å²) in [6.07, 6.45) is 0.742. The fraction of sp³-hybridized carbons (Fsp3) is 0.636. The van der Waals surface area contributed by atoms with Gasteiger partial charge >= 0.3 is 0 Å². The lowest BCUT2D eigenvalue weighted by molar-refractivity contribution is 0.218. The van der Waals surface area contributed by atoms with Crippen LogP contribution in [0.5, 0.6) is 11.8 Å². The summed E-state index contributed by atoms with van der Waals surface area (Å²) < 4.78 is 10.1. The minimum absolute atomic E-state index is 0.00755. The molecule has 6 heteroatoms. The third kappa shape index (κ3) is 3.45. The fourth-order valence-corrected chi connectivity index (χ4v) is 1.18. The second-order valence-electron chi connectivity index (χ2n) is 3.97. The molecule has 1 heterocycles. The molecule has 0 aliphatic rings. The summed E-state index contributed by atoms with van der Waals surface area (Å²) in [6, 6.07) is 1.59. The van der Waals surface area contributed by atoms with Crippen molar-refractivity contribution in [2.24, 2.45) is 0 Å². The lowest BCUT2D eigenvalue weighted by Gasteiger charge is -2.27. The van der Waals surface area contributed by atoms with Crippen LogP contribution < -0.4 is 14.8 Å². The van der Waals surface area contributed by atoms with Crippen LogP contribution in [0.2, 0.25) is 0 Å². The van der Waals surface area contributed by atoms with Gasteiger partial charge in [-0.2, -0.15) is 9.97 Å². The molecule has 1 unspecified atom stereocenters. The van der Waals surface area contributed by atoms with E-state index in [0.717, 1.165) is 6.42 Å². The predicted octanol–water partition coefficient (Wildman–Crippen LogP) is 1.07. The van der Waals surface area contributed by atoms with Gasteiger partial charge in [0.25, 0.3) is 0 Å². The van der Waals surface area contributed by atoms with Crippen molar-refractivity contribution in [3.05, 3.63) is 6.07 Å². The van der Waals surface area contributed by atoms with E-state index in [-0.39, 0.29) is 6.61 Å². The number of nitrogens with one attached hydrogen (secondary N) is 1. The zero-order chi connectivity index (χ0) is 12.9. The quantitative estimate of drug-likeness (QED) is 0.775. The molecule has 2 N–H and O–H groups in total. The van der Waals surface area contributed by atoms with Gasteiger partial charge in [-0.15, -0.1) is 0 Å². The van der Waals surface area contributed by atoms with Crippen LogP contribution in [0.15, 0.2) is 6.07 Å². The summed E-state index contributed by atoms with van der Waals surface area (Å²) in [5, 5.41) is 12.4. The maximum Gasteiger partial charge on any atom is 0.229 e. The number of aromatic nitrogens is 2. The molecular formula is C11H19N3O3. The Balaban J connectivity index is 2.97. The molecule has 1 aromatic heterocycles. The molecular weight excluding hydrogens is 222 g/mol. The maximum absolute atomic E-state index is 9.32. The number of aliphatic hydroxyl groups excluding tert-OH is 1. The average molecular weight is 241 g/mol. The first-order valence-corrected chi connectivity index (χ1v) is 5.43. The van der Waals surface area contributed by atoms with E-state index >= 15 is 0 Å². The highest BCUT2D eigenvalue weighted by atomic mass is 16.5. The Morgan fingerprint density at radius 2 is 1.82 bits per heavy atom. The molecule has 1 atom stereocenters. The molecule has 6 nitrogen and oxygen atoms in total. The highest BCUT2D eigenvalue weighted by Gasteiger charge is 2.22. The zero-order valence-corrected chi connectivity index (χ0v) is 10.6. The Kier molecular flexibility index (Phi) is 4.51. The molecule has 0 amide bonds. The molecule has 0 aliphatic carbocycles. The van der Waals surface area contributed by atoms with Gasteiger partial charge in [-0.05, 0) is 13.3 Å². The second-order valence-corrected chi connectivity index (χ2v) is 3.97. The van der Waals surface area contributed by atoms with Crippen molar-refractivity contribution in [1.82, 2.24) is 9.97 Å². The summed E-state index contributed by atoms with van der Waals surface area (Å²) in [5.41, 5.74) is -0.461. The molecule has 0 saturated heterocycles. The summed E-state index contributed by atoms with van der Waals surface area (Å²) in [4.78, 5) is 8.29. The first-order valence-electron chi connectivity index (χ1n) is 5.43. The van der Waals surface area contributed by atoms with Crippen molar-refractivity contribution in [1.29, 1.82) is 0 Å². The van der Waals surface area contributed by atoms with Crippen molar-refractivity contribution in [3.63, 3.8) is 0 Å². The molecule has 0 saturated carbocycles. The van der Waals surface area contributed by atoms with E-state index < -0.39 is 5.54 Å². The molecule has 0 radical (unpaired) electrons. The van der Waals surface area contributed by atoms with Crippen molar-refractivity contribution in [2.75, 3.05) is 26.1 Å². The van der Waals surface area contributed by atoms with Crippen LogP contribution in [0.3, 0.4) is 0 Å². The van der Waals surface area contributed by atoms with E-state index in [1.807, 2.05) is 13.8 Å². The lowest BCUT2D eigenvalue weighted by atomic mass is 10.0. The van der Waals surface area contributed by atoms with Gasteiger partial charge in [-0.3, -0.25) is 0 Å². The lowest BCUT2D eigenvalue weighted by Crippen LogP contribution is -2.38. The topological polar surface area (TPSA) is 76.5 Å². The predicted molar refractivity (Wildman–Crippen MR) is 64.5 cm³/mol. The van der Waals surface area contributed by atoms with E-state index in [4.69, 9.17) is 9.47 Å². The average Bonchev–Trinajstić information content (AvgIpc) is 2.37. The molecule has 96 valence electrons. The number of aliphatic hydroxyl groups is 1. The van der Waals surface area contributed by atoms with E-state index in [0.29, 0.717) is 17.7 Å². The van der Waals surface area contributed by atoms with E-state index in [2.05, 4.69) is 15.3 Å². The van der Waals surface area contributed by atoms with Crippen LogP contribution in [-0.2, 0) is 0 Å². The van der Waals surface area contributed by atoms with Gasteiger partial charge in [0.15, 0.2) is 0 Å². The Bertz CT molecular complexity index is 345. The molecule has 1 rings (SSSR count). The number of ether oxygens (including phenoxy) is 2. The number of hydrogen-bond donors (Lipinski definition) is 2. The monoisotopic (exact) mass is 241 g/mol. The van der Waals surface area contributed by atoms with Gasteiger partial charge in [0.1, 0.15) is 0 Å². The van der Waals surface area contributed by atoms with Crippen molar-refractivity contribution in [3.8, 4) is 11.8 Å². The van der Waals surface area contributed by atoms with Gasteiger partial charge in [0, 0.05) is 0 Å². The molecule has 1 aromatic rings. The Hall–Kier alpha value is -1.56. The van der Waals surface area contributed by atoms with Crippen LogP contribution >= 0.6 is 0 Å². The molecule has 0 spiro atoms. The number of nitrogens with zero attached hydrogens (tertiary/aromatic N) is 2. The highest BCUT2D eigenvalue weighted by Crippen LogP contribution is 2.21. The number of hydrogen-bond acceptors (Lipinski definition) is 6. The van der Waals surface area contributed by atoms with Crippen LogP contribution in [-0.4, -0.2) is 41.4 Å². The largest absolute Gasteiger partial charge is 0.481 e. The highest BCUT2D eigenvalue weighted by molar-refractivity contribution is 5.36. The number of rotatable bonds is 6. The summed E-state index contributed by atoms with van der Waals surface area (Å²) in [6.45, 7) is 3.86. The zero-order valence-electron chi connectivity index (χ0n) is 10.6. The molecule has 0 fully saturated rings. The minimum atomic E-state index is -0.461. The standard InChI is InChI=1S/C11H19N3O3/c1-5-11(2,7-15)14-10-12-8(16-3)6-9(13-10)17-4/h6,15H,5,7H2,1-4H3,(H,12,13,14). The fourth-order valence-electron chi connectivity index (χ4n) is 1.18. The van der Waals surface area contributed by atoms with Crippen molar-refractivity contribution < 1.29 is 14.6 Å². The Labute approximate surface area is 101 Å². The van der Waals surface area contributed by atoms with Gasteiger partial charge in [-0.1, -0.05) is 6.92 Å². The van der Waals surface area contributed by atoms with Crippen LogP contribution in [0.25, 0.3) is 0 Å². The Morgan fingerprint density at radius 1 is 1.29 bits per heavy atom. The third-order valence-electron chi connectivity index (χ3n) is 2.64. The smallest absolute Gasteiger partial charge is 0.229 e. The normalized spacial score (nSPS) is 13.9. The summed E-state index contributed by atoms with van der Waals surface area (Å²) in [5.74, 6) is 1.20. The Morgan fingerprint density at radius 3 is 2.18 bits per heavy atom. The molecule has 0 aliphatic heterocycles. The number of anilines is 1. The molecule has 0 aromatic carbocycles. The number of methoxy groups -OCH3 is 2. The minimum Gasteiger partial charge on any atom is -0.481 e. The van der Waals surface area contributed by atoms with E-state index in [1.54, 1.807) is 6.07 Å².